The molecule has 0 unspecified atom stereocenters. The van der Waals surface area contributed by atoms with Gasteiger partial charge in [-0.2, -0.15) is 5.10 Å². The van der Waals surface area contributed by atoms with Crippen molar-refractivity contribution in [2.24, 2.45) is 10.2 Å². The van der Waals surface area contributed by atoms with Crippen molar-refractivity contribution in [2.45, 2.75) is 57.8 Å². The molecule has 0 aromatic heterocycles. The number of methoxy groups -OCH3 is 1. The third kappa shape index (κ3) is 6.85. The molecule has 2 aromatic rings. The summed E-state index contributed by atoms with van der Waals surface area (Å²) >= 11 is 1.41. The first-order valence-electron chi connectivity index (χ1n) is 11.0. The molecule has 0 bridgehead atoms. The zero-order chi connectivity index (χ0) is 22.9. The number of hydrogen-bond donors (Lipinski definition) is 1. The van der Waals surface area contributed by atoms with Crippen LogP contribution in [-0.2, 0) is 17.6 Å². The van der Waals surface area contributed by atoms with Crippen LogP contribution in [0.2, 0.25) is 0 Å². The Morgan fingerprint density at radius 3 is 2.56 bits per heavy atom. The molecular weight excluding hydrogens is 422 g/mol. The SMILES string of the molecule is CCCCc1ccc(C[C@@H]2S/C(=N\N=C/c3ccc(OC(C)C)c(OC)c3)NC2=O)cc1. The van der Waals surface area contributed by atoms with E-state index in [1.54, 1.807) is 13.3 Å². The van der Waals surface area contributed by atoms with E-state index in [4.69, 9.17) is 9.47 Å². The van der Waals surface area contributed by atoms with Gasteiger partial charge in [0.2, 0.25) is 5.91 Å². The molecule has 1 N–H and O–H groups in total. The van der Waals surface area contributed by atoms with Gasteiger partial charge < -0.3 is 14.8 Å². The van der Waals surface area contributed by atoms with Crippen LogP contribution in [0.1, 0.15) is 50.3 Å². The van der Waals surface area contributed by atoms with Crippen LogP contribution in [0, 0.1) is 0 Å². The van der Waals surface area contributed by atoms with Crippen LogP contribution in [0.5, 0.6) is 11.5 Å². The second kappa shape index (κ2) is 11.7. The predicted molar refractivity (Wildman–Crippen MR) is 132 cm³/mol. The molecule has 1 aliphatic rings. The van der Waals surface area contributed by atoms with Gasteiger partial charge in [0.25, 0.3) is 0 Å². The molecule has 0 aliphatic carbocycles. The minimum atomic E-state index is -0.196. The Hall–Kier alpha value is -2.80. The van der Waals surface area contributed by atoms with E-state index in [2.05, 4.69) is 46.7 Å². The van der Waals surface area contributed by atoms with Crippen molar-refractivity contribution in [1.82, 2.24) is 5.32 Å². The molecule has 1 saturated heterocycles. The molecule has 1 heterocycles. The molecule has 2 aromatic carbocycles. The lowest BCUT2D eigenvalue weighted by Crippen LogP contribution is -2.25. The summed E-state index contributed by atoms with van der Waals surface area (Å²) in [5, 5.41) is 11.5. The number of amides is 1. The van der Waals surface area contributed by atoms with Gasteiger partial charge in [0, 0.05) is 0 Å². The second-order valence-electron chi connectivity index (χ2n) is 7.95. The molecule has 3 rings (SSSR count). The zero-order valence-corrected chi connectivity index (χ0v) is 19.9. The second-order valence-corrected chi connectivity index (χ2v) is 9.14. The van der Waals surface area contributed by atoms with Gasteiger partial charge in [-0.25, -0.2) is 0 Å². The van der Waals surface area contributed by atoms with Crippen molar-refractivity contribution in [3.05, 3.63) is 59.2 Å². The van der Waals surface area contributed by atoms with Crippen LogP contribution in [0.3, 0.4) is 0 Å². The first kappa shape index (κ1) is 23.9. The van der Waals surface area contributed by atoms with E-state index < -0.39 is 0 Å². The molecule has 32 heavy (non-hydrogen) atoms. The highest BCUT2D eigenvalue weighted by Crippen LogP contribution is 2.28. The molecule has 7 heteroatoms. The third-order valence-corrected chi connectivity index (χ3v) is 6.02. The number of rotatable bonds is 10. The lowest BCUT2D eigenvalue weighted by molar-refractivity contribution is -0.118. The van der Waals surface area contributed by atoms with E-state index in [0.717, 1.165) is 17.5 Å². The number of nitrogens with zero attached hydrogens (tertiary/aromatic N) is 2. The Labute approximate surface area is 194 Å². The number of unbranched alkanes of at least 4 members (excludes halogenated alkanes) is 1. The lowest BCUT2D eigenvalue weighted by atomic mass is 10.0. The predicted octanol–water partition coefficient (Wildman–Crippen LogP) is 4.99. The van der Waals surface area contributed by atoms with E-state index in [9.17, 15) is 4.79 Å². The monoisotopic (exact) mass is 453 g/mol. The van der Waals surface area contributed by atoms with Crippen molar-refractivity contribution in [1.29, 1.82) is 0 Å². The fourth-order valence-electron chi connectivity index (χ4n) is 3.29. The summed E-state index contributed by atoms with van der Waals surface area (Å²) in [4.78, 5) is 12.3. The Morgan fingerprint density at radius 1 is 1.12 bits per heavy atom. The van der Waals surface area contributed by atoms with Gasteiger partial charge in [-0.15, -0.1) is 5.10 Å². The molecular formula is C25H31N3O3S. The maximum Gasteiger partial charge on any atom is 0.239 e. The average Bonchev–Trinajstić information content (AvgIpc) is 3.12. The van der Waals surface area contributed by atoms with Crippen molar-refractivity contribution in [3.63, 3.8) is 0 Å². The van der Waals surface area contributed by atoms with Gasteiger partial charge >= 0.3 is 0 Å². The van der Waals surface area contributed by atoms with Crippen LogP contribution in [0.25, 0.3) is 0 Å². The fourth-order valence-corrected chi connectivity index (χ4v) is 4.25. The zero-order valence-electron chi connectivity index (χ0n) is 19.1. The highest BCUT2D eigenvalue weighted by atomic mass is 32.2. The quantitative estimate of drug-likeness (QED) is 0.406. The third-order valence-electron chi connectivity index (χ3n) is 4.95. The summed E-state index contributed by atoms with van der Waals surface area (Å²) in [7, 11) is 1.60. The number of aryl methyl sites for hydroxylation is 1. The molecule has 0 saturated carbocycles. The molecule has 1 fully saturated rings. The molecule has 1 aliphatic heterocycles. The lowest BCUT2D eigenvalue weighted by Gasteiger charge is -2.13. The molecule has 0 radical (unpaired) electrons. The number of amidine groups is 1. The molecule has 0 spiro atoms. The Bertz CT molecular complexity index is 971. The summed E-state index contributed by atoms with van der Waals surface area (Å²) in [6, 6.07) is 14.1. The summed E-state index contributed by atoms with van der Waals surface area (Å²) < 4.78 is 11.1. The summed E-state index contributed by atoms with van der Waals surface area (Å²) in [5.74, 6) is 1.29. The fraction of sp³-hybridized carbons (Fsp3) is 0.400. The van der Waals surface area contributed by atoms with Gasteiger partial charge in [-0.05, 0) is 68.0 Å². The maximum absolute atomic E-state index is 12.3. The number of ether oxygens (including phenoxy) is 2. The largest absolute Gasteiger partial charge is 0.493 e. The standard InChI is InChI=1S/C25H31N3O3S/c1-5-6-7-18-8-10-19(11-9-18)15-23-24(29)27-25(32-23)28-26-16-20-12-13-21(31-17(2)3)22(14-20)30-4/h8-14,16-17,23H,5-7,15H2,1-4H3,(H,27,28,29)/b26-16-/t23-/m0/s1. The van der Waals surface area contributed by atoms with Crippen LogP contribution in [-0.4, -0.2) is 35.8 Å². The normalized spacial score (nSPS) is 17.3. The van der Waals surface area contributed by atoms with Crippen molar-refractivity contribution in [2.75, 3.05) is 7.11 Å². The van der Waals surface area contributed by atoms with E-state index in [-0.39, 0.29) is 17.3 Å². The number of benzene rings is 2. The number of carbonyl (C=O) groups excluding carboxylic acids is 1. The van der Waals surface area contributed by atoms with E-state index in [1.807, 2.05) is 32.0 Å². The first-order valence-corrected chi connectivity index (χ1v) is 11.9. The minimum Gasteiger partial charge on any atom is -0.493 e. The Kier molecular flexibility index (Phi) is 8.73. The summed E-state index contributed by atoms with van der Waals surface area (Å²) in [6.45, 7) is 6.13. The Morgan fingerprint density at radius 2 is 1.88 bits per heavy atom. The Balaban J connectivity index is 1.58. The summed E-state index contributed by atoms with van der Waals surface area (Å²) in [6.07, 6.45) is 5.85. The van der Waals surface area contributed by atoms with Crippen LogP contribution in [0.4, 0.5) is 0 Å². The van der Waals surface area contributed by atoms with Gasteiger partial charge in [-0.1, -0.05) is 49.4 Å². The van der Waals surface area contributed by atoms with Crippen LogP contribution in [0.15, 0.2) is 52.7 Å². The average molecular weight is 454 g/mol. The first-order chi connectivity index (χ1) is 15.5. The molecule has 170 valence electrons. The number of carbonyl (C=O) groups is 1. The van der Waals surface area contributed by atoms with Gasteiger partial charge in [0.15, 0.2) is 16.7 Å². The van der Waals surface area contributed by atoms with E-state index in [0.29, 0.717) is 23.1 Å². The van der Waals surface area contributed by atoms with Crippen molar-refractivity contribution < 1.29 is 14.3 Å². The van der Waals surface area contributed by atoms with Crippen molar-refractivity contribution >= 4 is 29.1 Å². The highest BCUT2D eigenvalue weighted by Gasteiger charge is 2.30. The maximum atomic E-state index is 12.3. The summed E-state index contributed by atoms with van der Waals surface area (Å²) in [5.41, 5.74) is 3.32. The number of nitrogens with one attached hydrogen (secondary N) is 1. The van der Waals surface area contributed by atoms with Crippen LogP contribution >= 0.6 is 11.8 Å². The number of thioether (sulfide) groups is 1. The van der Waals surface area contributed by atoms with Gasteiger partial charge in [0.05, 0.1) is 24.7 Å². The van der Waals surface area contributed by atoms with Crippen molar-refractivity contribution in [3.8, 4) is 11.5 Å². The molecule has 1 amide bonds. The van der Waals surface area contributed by atoms with E-state index >= 15 is 0 Å². The minimum absolute atomic E-state index is 0.0316. The highest BCUT2D eigenvalue weighted by molar-refractivity contribution is 8.15. The molecule has 1 atom stereocenters. The molecule has 6 nitrogen and oxygen atoms in total. The smallest absolute Gasteiger partial charge is 0.239 e. The van der Waals surface area contributed by atoms with Gasteiger partial charge in [0.1, 0.15) is 0 Å². The van der Waals surface area contributed by atoms with Gasteiger partial charge in [-0.3, -0.25) is 4.79 Å². The topological polar surface area (TPSA) is 72.3 Å². The van der Waals surface area contributed by atoms with Crippen LogP contribution < -0.4 is 14.8 Å². The number of hydrogen-bond acceptors (Lipinski definition) is 6. The van der Waals surface area contributed by atoms with E-state index in [1.165, 1.54) is 30.2 Å².